The number of ether oxygens (including phenoxy) is 2. The standard InChI is InChI=1S/C16H30INO3/c1-12(2)8-6-7-9-20-14-11-18(10-13(14)17)15(19)21-16(3,4)5/h12-14H,6-11H2,1-5H3. The summed E-state index contributed by atoms with van der Waals surface area (Å²) in [7, 11) is 0. The number of alkyl halides is 1. The van der Waals surface area contributed by atoms with Gasteiger partial charge in [0.25, 0.3) is 0 Å². The van der Waals surface area contributed by atoms with Crippen LogP contribution < -0.4 is 0 Å². The van der Waals surface area contributed by atoms with Crippen molar-refractivity contribution in [2.45, 2.75) is 69.5 Å². The number of rotatable bonds is 6. The zero-order chi connectivity index (χ0) is 16.0. The van der Waals surface area contributed by atoms with Crippen LogP contribution in [0.4, 0.5) is 4.79 Å². The molecule has 0 saturated carbocycles. The lowest BCUT2D eigenvalue weighted by atomic mass is 10.1. The molecule has 0 radical (unpaired) electrons. The van der Waals surface area contributed by atoms with E-state index in [1.807, 2.05) is 20.8 Å². The highest BCUT2D eigenvalue weighted by molar-refractivity contribution is 14.1. The van der Waals surface area contributed by atoms with Crippen LogP contribution in [0.5, 0.6) is 0 Å². The lowest BCUT2D eigenvalue weighted by Gasteiger charge is -2.24. The van der Waals surface area contributed by atoms with Crippen LogP contribution in [0.3, 0.4) is 0 Å². The Morgan fingerprint density at radius 3 is 2.52 bits per heavy atom. The molecule has 1 aliphatic heterocycles. The Hall–Kier alpha value is -0.0400. The third kappa shape index (κ3) is 7.68. The highest BCUT2D eigenvalue weighted by atomic mass is 127. The Kier molecular flexibility index (Phi) is 7.74. The molecule has 0 spiro atoms. The number of likely N-dealkylation sites (tertiary alicyclic amines) is 1. The van der Waals surface area contributed by atoms with E-state index in [4.69, 9.17) is 9.47 Å². The fourth-order valence-corrected chi connectivity index (χ4v) is 3.17. The SMILES string of the molecule is CC(C)CCCCOC1CN(C(=O)OC(C)(C)C)CC1I. The molecule has 4 nitrogen and oxygen atoms in total. The minimum Gasteiger partial charge on any atom is -0.444 e. The lowest BCUT2D eigenvalue weighted by Crippen LogP contribution is -2.36. The van der Waals surface area contributed by atoms with E-state index in [0.717, 1.165) is 18.9 Å². The van der Waals surface area contributed by atoms with Crippen LogP contribution in [0.2, 0.25) is 0 Å². The predicted molar refractivity (Wildman–Crippen MR) is 94.0 cm³/mol. The number of unbranched alkanes of at least 4 members (excludes halogenated alkanes) is 1. The van der Waals surface area contributed by atoms with Crippen molar-refractivity contribution in [2.24, 2.45) is 5.92 Å². The number of hydrogen-bond acceptors (Lipinski definition) is 3. The molecule has 2 atom stereocenters. The van der Waals surface area contributed by atoms with E-state index in [2.05, 4.69) is 36.4 Å². The second kappa shape index (κ2) is 8.56. The number of halogens is 1. The topological polar surface area (TPSA) is 38.8 Å². The number of hydrogen-bond donors (Lipinski definition) is 0. The zero-order valence-electron chi connectivity index (χ0n) is 14.0. The van der Waals surface area contributed by atoms with Crippen molar-refractivity contribution in [3.05, 3.63) is 0 Å². The molecule has 1 rings (SSSR count). The molecule has 0 aromatic carbocycles. The van der Waals surface area contributed by atoms with E-state index in [1.165, 1.54) is 12.8 Å². The van der Waals surface area contributed by atoms with Crippen LogP contribution in [0.1, 0.15) is 53.9 Å². The summed E-state index contributed by atoms with van der Waals surface area (Å²) in [6, 6.07) is 0. The van der Waals surface area contributed by atoms with E-state index in [9.17, 15) is 4.79 Å². The summed E-state index contributed by atoms with van der Waals surface area (Å²) in [6.07, 6.45) is 3.48. The minimum absolute atomic E-state index is 0.136. The van der Waals surface area contributed by atoms with Crippen molar-refractivity contribution in [1.29, 1.82) is 0 Å². The Labute approximate surface area is 143 Å². The molecule has 0 aliphatic carbocycles. The monoisotopic (exact) mass is 411 g/mol. The van der Waals surface area contributed by atoms with Crippen LogP contribution in [0.15, 0.2) is 0 Å². The minimum atomic E-state index is -0.437. The Morgan fingerprint density at radius 1 is 1.29 bits per heavy atom. The van der Waals surface area contributed by atoms with Crippen molar-refractivity contribution >= 4 is 28.7 Å². The van der Waals surface area contributed by atoms with Gasteiger partial charge in [-0.15, -0.1) is 0 Å². The van der Waals surface area contributed by atoms with Gasteiger partial charge in [-0.2, -0.15) is 0 Å². The van der Waals surface area contributed by atoms with Crippen LogP contribution in [0, 0.1) is 5.92 Å². The van der Waals surface area contributed by atoms with Crippen molar-refractivity contribution < 1.29 is 14.3 Å². The van der Waals surface area contributed by atoms with Crippen molar-refractivity contribution in [2.75, 3.05) is 19.7 Å². The van der Waals surface area contributed by atoms with E-state index in [0.29, 0.717) is 17.0 Å². The summed E-state index contributed by atoms with van der Waals surface area (Å²) in [5.74, 6) is 0.761. The first kappa shape index (κ1) is 19.0. The first-order valence-corrected chi connectivity index (χ1v) is 9.17. The number of nitrogens with zero attached hydrogens (tertiary/aromatic N) is 1. The summed E-state index contributed by atoms with van der Waals surface area (Å²) >= 11 is 2.38. The second-order valence-electron chi connectivity index (χ2n) is 7.20. The lowest BCUT2D eigenvalue weighted by molar-refractivity contribution is 0.0209. The van der Waals surface area contributed by atoms with Gasteiger partial charge in [0.1, 0.15) is 5.60 Å². The molecule has 1 fully saturated rings. The Balaban J connectivity index is 2.27. The Bertz CT molecular complexity index is 328. The summed E-state index contributed by atoms with van der Waals surface area (Å²) in [5, 5.41) is 0. The van der Waals surface area contributed by atoms with Crippen molar-refractivity contribution in [3.8, 4) is 0 Å². The molecule has 1 saturated heterocycles. The van der Waals surface area contributed by atoms with Gasteiger partial charge in [-0.05, 0) is 33.1 Å². The van der Waals surface area contributed by atoms with Gasteiger partial charge < -0.3 is 14.4 Å². The molecular weight excluding hydrogens is 381 g/mol. The molecule has 0 bridgehead atoms. The van der Waals surface area contributed by atoms with E-state index < -0.39 is 5.60 Å². The summed E-state index contributed by atoms with van der Waals surface area (Å²) in [4.78, 5) is 13.8. The fourth-order valence-electron chi connectivity index (χ4n) is 2.26. The first-order valence-electron chi connectivity index (χ1n) is 7.92. The molecule has 1 heterocycles. The quantitative estimate of drug-likeness (QED) is 0.373. The molecule has 0 N–H and O–H groups in total. The molecule has 124 valence electrons. The molecule has 0 aromatic rings. The maximum absolute atomic E-state index is 12.0. The number of carbonyl (C=O) groups excluding carboxylic acids is 1. The molecule has 1 amide bonds. The zero-order valence-corrected chi connectivity index (χ0v) is 16.2. The third-order valence-electron chi connectivity index (χ3n) is 3.36. The number of amides is 1. The van der Waals surface area contributed by atoms with Gasteiger partial charge in [-0.25, -0.2) is 4.79 Å². The second-order valence-corrected chi connectivity index (χ2v) is 8.80. The summed E-state index contributed by atoms with van der Waals surface area (Å²) in [6.45, 7) is 12.3. The summed E-state index contributed by atoms with van der Waals surface area (Å²) < 4.78 is 11.7. The van der Waals surface area contributed by atoms with Gasteiger partial charge in [-0.3, -0.25) is 0 Å². The molecule has 21 heavy (non-hydrogen) atoms. The van der Waals surface area contributed by atoms with Gasteiger partial charge in [0.2, 0.25) is 0 Å². The molecule has 0 aromatic heterocycles. The van der Waals surface area contributed by atoms with Gasteiger partial charge in [-0.1, -0.05) is 49.3 Å². The first-order chi connectivity index (χ1) is 9.69. The largest absolute Gasteiger partial charge is 0.444 e. The molecule has 5 heteroatoms. The van der Waals surface area contributed by atoms with Gasteiger partial charge >= 0.3 is 6.09 Å². The molecular formula is C16H30INO3. The maximum atomic E-state index is 12.0. The van der Waals surface area contributed by atoms with Gasteiger partial charge in [0, 0.05) is 13.2 Å². The van der Waals surface area contributed by atoms with Gasteiger partial charge in [0.05, 0.1) is 16.6 Å². The molecule has 1 aliphatic rings. The third-order valence-corrected chi connectivity index (χ3v) is 4.55. The van der Waals surface area contributed by atoms with Crippen LogP contribution >= 0.6 is 22.6 Å². The van der Waals surface area contributed by atoms with E-state index in [1.54, 1.807) is 4.90 Å². The summed E-state index contributed by atoms with van der Waals surface area (Å²) in [5.41, 5.74) is -0.437. The maximum Gasteiger partial charge on any atom is 0.410 e. The fraction of sp³-hybridized carbons (Fsp3) is 0.938. The normalized spacial score (nSPS) is 22.9. The van der Waals surface area contributed by atoms with Crippen LogP contribution in [-0.2, 0) is 9.47 Å². The number of carbonyl (C=O) groups is 1. The highest BCUT2D eigenvalue weighted by Crippen LogP contribution is 2.23. The van der Waals surface area contributed by atoms with Crippen LogP contribution in [-0.4, -0.2) is 46.3 Å². The van der Waals surface area contributed by atoms with Crippen LogP contribution in [0.25, 0.3) is 0 Å². The van der Waals surface area contributed by atoms with E-state index in [-0.39, 0.29) is 12.2 Å². The predicted octanol–water partition coefficient (Wildman–Crippen LogP) is 4.25. The van der Waals surface area contributed by atoms with Crippen molar-refractivity contribution in [3.63, 3.8) is 0 Å². The van der Waals surface area contributed by atoms with Crippen molar-refractivity contribution in [1.82, 2.24) is 4.90 Å². The average Bonchev–Trinajstić information content (AvgIpc) is 2.68. The van der Waals surface area contributed by atoms with E-state index >= 15 is 0 Å². The Morgan fingerprint density at radius 2 is 1.95 bits per heavy atom. The van der Waals surface area contributed by atoms with Gasteiger partial charge in [0.15, 0.2) is 0 Å². The average molecular weight is 411 g/mol. The smallest absolute Gasteiger partial charge is 0.410 e. The highest BCUT2D eigenvalue weighted by Gasteiger charge is 2.36. The molecule has 2 unspecified atom stereocenters.